The molecule has 4 aromatic carbocycles. The first-order valence-corrected chi connectivity index (χ1v) is 13.8. The third kappa shape index (κ3) is 6.91. The lowest BCUT2D eigenvalue weighted by Crippen LogP contribution is -2.28. The second-order valence-corrected chi connectivity index (χ2v) is 10.2. The SMILES string of the molecule is CCOc1cc(/C=C2/SC(=Nc3ccccc3)N(Cc3ccccc3)C2=O)ccc1OCc1ccc(Cl)cc1. The maximum atomic E-state index is 13.6. The Labute approximate surface area is 237 Å². The maximum Gasteiger partial charge on any atom is 0.267 e. The van der Waals surface area contributed by atoms with Crippen molar-refractivity contribution in [3.8, 4) is 11.5 Å². The van der Waals surface area contributed by atoms with Crippen LogP contribution < -0.4 is 9.47 Å². The van der Waals surface area contributed by atoms with Gasteiger partial charge >= 0.3 is 0 Å². The molecule has 7 heteroatoms. The Hall–Kier alpha value is -4.00. The number of thioether (sulfide) groups is 1. The highest BCUT2D eigenvalue weighted by atomic mass is 35.5. The molecule has 0 saturated carbocycles. The molecule has 1 fully saturated rings. The Morgan fingerprint density at radius 1 is 0.846 bits per heavy atom. The Kier molecular flexibility index (Phi) is 8.66. The number of ether oxygens (including phenoxy) is 2. The zero-order valence-corrected chi connectivity index (χ0v) is 23.0. The largest absolute Gasteiger partial charge is 0.490 e. The van der Waals surface area contributed by atoms with E-state index in [9.17, 15) is 4.79 Å². The number of hydrogen-bond acceptors (Lipinski definition) is 5. The summed E-state index contributed by atoms with van der Waals surface area (Å²) in [4.78, 5) is 20.7. The van der Waals surface area contributed by atoms with Gasteiger partial charge < -0.3 is 9.47 Å². The van der Waals surface area contributed by atoms with Gasteiger partial charge in [-0.1, -0.05) is 78.3 Å². The van der Waals surface area contributed by atoms with E-state index in [-0.39, 0.29) is 5.91 Å². The van der Waals surface area contributed by atoms with E-state index in [4.69, 9.17) is 26.1 Å². The first kappa shape index (κ1) is 26.6. The molecule has 1 heterocycles. The molecule has 4 aromatic rings. The number of rotatable bonds is 9. The van der Waals surface area contributed by atoms with Gasteiger partial charge in [-0.3, -0.25) is 9.69 Å². The monoisotopic (exact) mass is 554 g/mol. The van der Waals surface area contributed by atoms with E-state index in [1.54, 1.807) is 4.90 Å². The van der Waals surface area contributed by atoms with Gasteiger partial charge in [0.15, 0.2) is 16.7 Å². The van der Waals surface area contributed by atoms with Crippen LogP contribution in [0.2, 0.25) is 5.02 Å². The third-order valence-electron chi connectivity index (χ3n) is 5.93. The lowest BCUT2D eigenvalue weighted by molar-refractivity contribution is -0.122. The number of aliphatic imine (C=N–C) groups is 1. The van der Waals surface area contributed by atoms with Crippen LogP contribution in [-0.2, 0) is 17.9 Å². The summed E-state index contributed by atoms with van der Waals surface area (Å²) in [5.74, 6) is 1.17. The van der Waals surface area contributed by atoms with Crippen molar-refractivity contribution in [2.75, 3.05) is 6.61 Å². The molecular weight excluding hydrogens is 528 g/mol. The molecule has 0 radical (unpaired) electrons. The summed E-state index contributed by atoms with van der Waals surface area (Å²) in [5.41, 5.74) is 3.68. The van der Waals surface area contributed by atoms with Crippen molar-refractivity contribution in [3.63, 3.8) is 0 Å². The summed E-state index contributed by atoms with van der Waals surface area (Å²) in [7, 11) is 0. The molecular formula is C32H27ClN2O3S. The Morgan fingerprint density at radius 2 is 1.56 bits per heavy atom. The van der Waals surface area contributed by atoms with Crippen molar-refractivity contribution < 1.29 is 14.3 Å². The van der Waals surface area contributed by atoms with Gasteiger partial charge in [-0.05, 0) is 77.9 Å². The van der Waals surface area contributed by atoms with Crippen LogP contribution in [0.3, 0.4) is 0 Å². The average molecular weight is 555 g/mol. The van der Waals surface area contributed by atoms with Gasteiger partial charge in [0.05, 0.1) is 23.7 Å². The Bertz CT molecular complexity index is 1490. The van der Waals surface area contributed by atoms with Gasteiger partial charge in [0, 0.05) is 5.02 Å². The molecule has 196 valence electrons. The molecule has 39 heavy (non-hydrogen) atoms. The minimum Gasteiger partial charge on any atom is -0.490 e. The zero-order chi connectivity index (χ0) is 27.0. The van der Waals surface area contributed by atoms with Crippen LogP contribution in [-0.4, -0.2) is 22.6 Å². The molecule has 0 aromatic heterocycles. The fourth-order valence-corrected chi connectivity index (χ4v) is 5.13. The molecule has 0 unspecified atom stereocenters. The average Bonchev–Trinajstić information content (AvgIpc) is 3.23. The summed E-state index contributed by atoms with van der Waals surface area (Å²) < 4.78 is 11.9. The second kappa shape index (κ2) is 12.7. The van der Waals surface area contributed by atoms with E-state index in [1.807, 2.05) is 116 Å². The van der Waals surface area contributed by atoms with Crippen LogP contribution in [0.25, 0.3) is 6.08 Å². The fourth-order valence-electron chi connectivity index (χ4n) is 4.00. The summed E-state index contributed by atoms with van der Waals surface area (Å²) >= 11 is 7.36. The lowest BCUT2D eigenvalue weighted by atomic mass is 10.1. The number of hydrogen-bond donors (Lipinski definition) is 0. The van der Waals surface area contributed by atoms with Crippen LogP contribution in [0.5, 0.6) is 11.5 Å². The molecule has 0 aliphatic carbocycles. The number of nitrogens with zero attached hydrogens (tertiary/aromatic N) is 2. The number of halogens is 1. The zero-order valence-electron chi connectivity index (χ0n) is 21.4. The normalized spacial score (nSPS) is 15.2. The van der Waals surface area contributed by atoms with Crippen molar-refractivity contribution >= 4 is 46.2 Å². The highest BCUT2D eigenvalue weighted by Crippen LogP contribution is 2.37. The first-order chi connectivity index (χ1) is 19.1. The van der Waals surface area contributed by atoms with Crippen LogP contribution in [0, 0.1) is 0 Å². The van der Waals surface area contributed by atoms with Gasteiger partial charge in [0.25, 0.3) is 5.91 Å². The molecule has 5 nitrogen and oxygen atoms in total. The number of carbonyl (C=O) groups is 1. The van der Waals surface area contributed by atoms with Crippen molar-refractivity contribution in [3.05, 3.63) is 130 Å². The van der Waals surface area contributed by atoms with Gasteiger partial charge in [0.1, 0.15) is 6.61 Å². The molecule has 1 saturated heterocycles. The van der Waals surface area contributed by atoms with E-state index in [2.05, 4.69) is 0 Å². The van der Waals surface area contributed by atoms with E-state index < -0.39 is 0 Å². The summed E-state index contributed by atoms with van der Waals surface area (Å²) in [6.07, 6.45) is 1.88. The minimum absolute atomic E-state index is 0.0837. The summed E-state index contributed by atoms with van der Waals surface area (Å²) in [6, 6.07) is 32.8. The lowest BCUT2D eigenvalue weighted by Gasteiger charge is -2.15. The molecule has 0 bridgehead atoms. The molecule has 0 N–H and O–H groups in total. The quantitative estimate of drug-likeness (QED) is 0.196. The summed E-state index contributed by atoms with van der Waals surface area (Å²) in [6.45, 7) is 3.25. The fraction of sp³-hybridized carbons (Fsp3) is 0.125. The van der Waals surface area contributed by atoms with E-state index >= 15 is 0 Å². The molecule has 1 aliphatic heterocycles. The van der Waals surface area contributed by atoms with Gasteiger partial charge in [-0.15, -0.1) is 0 Å². The highest BCUT2D eigenvalue weighted by molar-refractivity contribution is 8.18. The number of benzene rings is 4. The number of carbonyl (C=O) groups excluding carboxylic acids is 1. The standard InChI is InChI=1S/C32H27ClN2O3S/c1-2-37-29-19-25(15-18-28(29)38-22-24-13-16-26(33)17-14-24)20-30-31(36)35(21-23-9-5-3-6-10-23)32(39-30)34-27-11-7-4-8-12-27/h3-20H,2,21-22H2,1H3/b30-20+,34-32?. The predicted molar refractivity (Wildman–Crippen MR) is 159 cm³/mol. The van der Waals surface area contributed by atoms with Crippen LogP contribution in [0.1, 0.15) is 23.6 Å². The minimum atomic E-state index is -0.0837. The molecule has 5 rings (SSSR count). The predicted octanol–water partition coefficient (Wildman–Crippen LogP) is 8.12. The highest BCUT2D eigenvalue weighted by Gasteiger charge is 2.33. The Balaban J connectivity index is 1.41. The van der Waals surface area contributed by atoms with Gasteiger partial charge in [-0.25, -0.2) is 4.99 Å². The van der Waals surface area contributed by atoms with Crippen molar-refractivity contribution in [2.45, 2.75) is 20.1 Å². The van der Waals surface area contributed by atoms with Crippen LogP contribution in [0.15, 0.2) is 113 Å². The smallest absolute Gasteiger partial charge is 0.267 e. The van der Waals surface area contributed by atoms with E-state index in [0.29, 0.717) is 46.4 Å². The number of amides is 1. The second-order valence-electron chi connectivity index (χ2n) is 8.77. The maximum absolute atomic E-state index is 13.6. The molecule has 1 amide bonds. The van der Waals surface area contributed by atoms with E-state index in [0.717, 1.165) is 22.4 Å². The molecule has 1 aliphatic rings. The van der Waals surface area contributed by atoms with Crippen LogP contribution in [0.4, 0.5) is 5.69 Å². The van der Waals surface area contributed by atoms with Gasteiger partial charge in [0.2, 0.25) is 0 Å². The van der Waals surface area contributed by atoms with Crippen molar-refractivity contribution in [1.29, 1.82) is 0 Å². The molecule has 0 atom stereocenters. The third-order valence-corrected chi connectivity index (χ3v) is 7.18. The van der Waals surface area contributed by atoms with Crippen molar-refractivity contribution in [2.24, 2.45) is 4.99 Å². The number of para-hydroxylation sites is 1. The summed E-state index contributed by atoms with van der Waals surface area (Å²) in [5, 5.41) is 1.33. The Morgan fingerprint density at radius 3 is 2.28 bits per heavy atom. The van der Waals surface area contributed by atoms with Crippen molar-refractivity contribution in [1.82, 2.24) is 4.90 Å². The topological polar surface area (TPSA) is 51.1 Å². The first-order valence-electron chi connectivity index (χ1n) is 12.6. The molecule has 0 spiro atoms. The van der Waals surface area contributed by atoms with E-state index in [1.165, 1.54) is 11.8 Å². The van der Waals surface area contributed by atoms with Gasteiger partial charge in [-0.2, -0.15) is 0 Å². The van der Waals surface area contributed by atoms with Crippen LogP contribution >= 0.6 is 23.4 Å². The number of amidine groups is 1.